The van der Waals surface area contributed by atoms with E-state index in [1.807, 2.05) is 56.0 Å². The van der Waals surface area contributed by atoms with Crippen LogP contribution in [0.15, 0.2) is 35.8 Å². The molecule has 2 aromatic rings. The fourth-order valence-corrected chi connectivity index (χ4v) is 2.66. The van der Waals surface area contributed by atoms with E-state index in [9.17, 15) is 4.79 Å². The van der Waals surface area contributed by atoms with Gasteiger partial charge in [-0.25, -0.2) is 4.98 Å². The van der Waals surface area contributed by atoms with Gasteiger partial charge in [0.1, 0.15) is 4.88 Å². The predicted molar refractivity (Wildman–Crippen MR) is 78.3 cm³/mol. The third-order valence-corrected chi connectivity index (χ3v) is 3.94. The molecule has 0 aliphatic carbocycles. The second-order valence-electron chi connectivity index (χ2n) is 4.78. The summed E-state index contributed by atoms with van der Waals surface area (Å²) in [5.74, 6) is 0.0684. The number of amides is 1. The molecule has 0 unspecified atom stereocenters. The number of aromatic nitrogens is 1. The molecule has 3 nitrogen and oxygen atoms in total. The van der Waals surface area contributed by atoms with Gasteiger partial charge in [-0.05, 0) is 26.3 Å². The van der Waals surface area contributed by atoms with E-state index in [2.05, 4.69) is 4.98 Å². The molecule has 0 fully saturated rings. The van der Waals surface area contributed by atoms with Crippen molar-refractivity contribution in [2.24, 2.45) is 0 Å². The standard InChI is InChI=1S/C15H18N2OS/c1-11(2)17(9-13-7-5-4-6-8-13)15(18)14-12(3)16-10-19-14/h4-8,10-11H,9H2,1-3H3. The van der Waals surface area contributed by atoms with Crippen LogP contribution >= 0.6 is 11.3 Å². The number of benzene rings is 1. The van der Waals surface area contributed by atoms with Gasteiger partial charge in [-0.15, -0.1) is 11.3 Å². The van der Waals surface area contributed by atoms with Crippen molar-refractivity contribution in [2.45, 2.75) is 33.4 Å². The Labute approximate surface area is 117 Å². The van der Waals surface area contributed by atoms with E-state index in [0.717, 1.165) is 16.1 Å². The summed E-state index contributed by atoms with van der Waals surface area (Å²) in [7, 11) is 0. The molecule has 0 atom stereocenters. The van der Waals surface area contributed by atoms with Crippen LogP contribution in [0.5, 0.6) is 0 Å². The van der Waals surface area contributed by atoms with Crippen molar-refractivity contribution in [3.8, 4) is 0 Å². The molecule has 0 bridgehead atoms. The van der Waals surface area contributed by atoms with Gasteiger partial charge in [-0.2, -0.15) is 0 Å². The molecule has 0 radical (unpaired) electrons. The zero-order valence-corrected chi connectivity index (χ0v) is 12.3. The van der Waals surface area contributed by atoms with Crippen LogP contribution in [-0.2, 0) is 6.54 Å². The maximum Gasteiger partial charge on any atom is 0.266 e. The van der Waals surface area contributed by atoms with Gasteiger partial charge < -0.3 is 4.90 Å². The smallest absolute Gasteiger partial charge is 0.266 e. The molecule has 0 spiro atoms. The van der Waals surface area contributed by atoms with Crippen molar-refractivity contribution < 1.29 is 4.79 Å². The van der Waals surface area contributed by atoms with E-state index >= 15 is 0 Å². The summed E-state index contributed by atoms with van der Waals surface area (Å²) in [4.78, 5) is 19.4. The van der Waals surface area contributed by atoms with Gasteiger partial charge in [0, 0.05) is 12.6 Å². The van der Waals surface area contributed by atoms with Crippen molar-refractivity contribution in [1.82, 2.24) is 9.88 Å². The van der Waals surface area contributed by atoms with Gasteiger partial charge in [0.25, 0.3) is 5.91 Å². The lowest BCUT2D eigenvalue weighted by Crippen LogP contribution is -2.36. The molecule has 100 valence electrons. The van der Waals surface area contributed by atoms with E-state index < -0.39 is 0 Å². The molecule has 0 N–H and O–H groups in total. The van der Waals surface area contributed by atoms with Gasteiger partial charge in [-0.1, -0.05) is 30.3 Å². The minimum Gasteiger partial charge on any atom is -0.331 e. The summed E-state index contributed by atoms with van der Waals surface area (Å²) < 4.78 is 0. The third-order valence-electron chi connectivity index (χ3n) is 3.02. The predicted octanol–water partition coefficient (Wildman–Crippen LogP) is 3.50. The van der Waals surface area contributed by atoms with Crippen LogP contribution in [0.3, 0.4) is 0 Å². The van der Waals surface area contributed by atoms with E-state index in [4.69, 9.17) is 0 Å². The lowest BCUT2D eigenvalue weighted by atomic mass is 10.2. The number of carbonyl (C=O) groups excluding carboxylic acids is 1. The summed E-state index contributed by atoms with van der Waals surface area (Å²) in [5, 5.41) is 0. The van der Waals surface area contributed by atoms with Crippen LogP contribution in [-0.4, -0.2) is 21.8 Å². The molecular weight excluding hydrogens is 256 g/mol. The monoisotopic (exact) mass is 274 g/mol. The van der Waals surface area contributed by atoms with Gasteiger partial charge in [0.15, 0.2) is 0 Å². The Hall–Kier alpha value is -1.68. The van der Waals surface area contributed by atoms with Crippen LogP contribution in [0, 0.1) is 6.92 Å². The van der Waals surface area contributed by atoms with Crippen LogP contribution in [0.4, 0.5) is 0 Å². The highest BCUT2D eigenvalue weighted by Crippen LogP contribution is 2.18. The highest BCUT2D eigenvalue weighted by atomic mass is 32.1. The Bertz CT molecular complexity index is 548. The summed E-state index contributed by atoms with van der Waals surface area (Å²) >= 11 is 1.41. The van der Waals surface area contributed by atoms with Crippen molar-refractivity contribution >= 4 is 17.2 Å². The maximum atomic E-state index is 12.6. The molecule has 0 aliphatic heterocycles. The molecule has 0 aliphatic rings. The Morgan fingerprint density at radius 3 is 2.53 bits per heavy atom. The first-order valence-corrected chi connectivity index (χ1v) is 7.22. The second-order valence-corrected chi connectivity index (χ2v) is 5.63. The Morgan fingerprint density at radius 1 is 1.32 bits per heavy atom. The fourth-order valence-electron chi connectivity index (χ4n) is 1.91. The Kier molecular flexibility index (Phi) is 4.32. The molecule has 1 amide bonds. The van der Waals surface area contributed by atoms with E-state index in [1.54, 1.807) is 5.51 Å². The van der Waals surface area contributed by atoms with Crippen molar-refractivity contribution in [3.05, 3.63) is 52.0 Å². The number of aryl methyl sites for hydroxylation is 1. The SMILES string of the molecule is Cc1ncsc1C(=O)N(Cc1ccccc1)C(C)C. The van der Waals surface area contributed by atoms with E-state index in [1.165, 1.54) is 11.3 Å². The highest BCUT2D eigenvalue weighted by molar-refractivity contribution is 7.11. The van der Waals surface area contributed by atoms with Gasteiger partial charge >= 0.3 is 0 Å². The number of hydrogen-bond acceptors (Lipinski definition) is 3. The highest BCUT2D eigenvalue weighted by Gasteiger charge is 2.22. The average Bonchev–Trinajstić information content (AvgIpc) is 2.82. The van der Waals surface area contributed by atoms with Crippen LogP contribution in [0.2, 0.25) is 0 Å². The fraction of sp³-hybridized carbons (Fsp3) is 0.333. The minimum atomic E-state index is 0.0684. The Morgan fingerprint density at radius 2 is 2.00 bits per heavy atom. The molecule has 0 saturated carbocycles. The molecule has 4 heteroatoms. The largest absolute Gasteiger partial charge is 0.331 e. The number of hydrogen-bond donors (Lipinski definition) is 0. The van der Waals surface area contributed by atoms with Crippen molar-refractivity contribution in [2.75, 3.05) is 0 Å². The first kappa shape index (κ1) is 13.7. The lowest BCUT2D eigenvalue weighted by molar-refractivity contribution is 0.0694. The van der Waals surface area contributed by atoms with Crippen molar-refractivity contribution in [1.29, 1.82) is 0 Å². The van der Waals surface area contributed by atoms with Crippen LogP contribution < -0.4 is 0 Å². The number of thiazole rings is 1. The number of rotatable bonds is 4. The summed E-state index contributed by atoms with van der Waals surface area (Å²) in [5.41, 5.74) is 3.68. The van der Waals surface area contributed by atoms with E-state index in [-0.39, 0.29) is 11.9 Å². The van der Waals surface area contributed by atoms with Crippen LogP contribution in [0.1, 0.15) is 34.8 Å². The zero-order chi connectivity index (χ0) is 13.8. The molecule has 1 aromatic carbocycles. The summed E-state index contributed by atoms with van der Waals surface area (Å²) in [6, 6.07) is 10.2. The molecule has 1 heterocycles. The first-order valence-electron chi connectivity index (χ1n) is 6.34. The lowest BCUT2D eigenvalue weighted by Gasteiger charge is -2.26. The molecule has 19 heavy (non-hydrogen) atoms. The van der Waals surface area contributed by atoms with Gasteiger partial charge in [-0.3, -0.25) is 4.79 Å². The van der Waals surface area contributed by atoms with Crippen molar-refractivity contribution in [3.63, 3.8) is 0 Å². The minimum absolute atomic E-state index is 0.0684. The summed E-state index contributed by atoms with van der Waals surface area (Å²) in [6.45, 7) is 6.59. The van der Waals surface area contributed by atoms with Gasteiger partial charge in [0.2, 0.25) is 0 Å². The third kappa shape index (κ3) is 3.20. The zero-order valence-electron chi connectivity index (χ0n) is 11.5. The second kappa shape index (κ2) is 5.97. The molecule has 0 saturated heterocycles. The molecular formula is C15H18N2OS. The molecule has 2 rings (SSSR count). The Balaban J connectivity index is 2.22. The quantitative estimate of drug-likeness (QED) is 0.855. The topological polar surface area (TPSA) is 33.2 Å². The number of carbonyl (C=O) groups is 1. The summed E-state index contributed by atoms with van der Waals surface area (Å²) in [6.07, 6.45) is 0. The van der Waals surface area contributed by atoms with Crippen LogP contribution in [0.25, 0.3) is 0 Å². The average molecular weight is 274 g/mol. The van der Waals surface area contributed by atoms with E-state index in [0.29, 0.717) is 6.54 Å². The number of nitrogens with zero attached hydrogens (tertiary/aromatic N) is 2. The normalized spacial score (nSPS) is 10.7. The van der Waals surface area contributed by atoms with Gasteiger partial charge in [0.05, 0.1) is 11.2 Å². The first-order chi connectivity index (χ1) is 9.09. The maximum absolute atomic E-state index is 12.6. The molecule has 1 aromatic heterocycles.